The van der Waals surface area contributed by atoms with Crippen molar-refractivity contribution in [1.29, 1.82) is 0 Å². The van der Waals surface area contributed by atoms with Crippen LogP contribution in [0.1, 0.15) is 39.0 Å². The molecule has 2 unspecified atom stereocenters. The van der Waals surface area contributed by atoms with Gasteiger partial charge in [-0.15, -0.1) is 0 Å². The molecule has 0 aliphatic rings. The predicted octanol–water partition coefficient (Wildman–Crippen LogP) is 2.75. The zero-order valence-corrected chi connectivity index (χ0v) is 10.0. The van der Waals surface area contributed by atoms with E-state index in [-0.39, 0.29) is 11.6 Å². The lowest BCUT2D eigenvalue weighted by atomic mass is 9.91. The highest BCUT2D eigenvalue weighted by Crippen LogP contribution is 2.31. The molecule has 2 atom stereocenters. The summed E-state index contributed by atoms with van der Waals surface area (Å²) < 4.78 is 11.3. The van der Waals surface area contributed by atoms with Crippen LogP contribution in [-0.2, 0) is 4.74 Å². The Morgan fingerprint density at radius 1 is 1.53 bits per heavy atom. The zero-order valence-electron chi connectivity index (χ0n) is 10.0. The second-order valence-corrected chi connectivity index (χ2v) is 3.84. The van der Waals surface area contributed by atoms with E-state index in [4.69, 9.17) is 9.15 Å². The molecule has 0 saturated heterocycles. The van der Waals surface area contributed by atoms with Crippen molar-refractivity contribution in [2.24, 2.45) is 0 Å². The molecule has 1 aromatic heterocycles. The van der Waals surface area contributed by atoms with Crippen LogP contribution in [0.5, 0.6) is 0 Å². The van der Waals surface area contributed by atoms with Gasteiger partial charge in [0.2, 0.25) is 0 Å². The smallest absolute Gasteiger partial charge is 0.123 e. The summed E-state index contributed by atoms with van der Waals surface area (Å²) in [6.07, 6.45) is 2.63. The number of hydrogen-bond acceptors (Lipinski definition) is 3. The van der Waals surface area contributed by atoms with Crippen LogP contribution in [0.15, 0.2) is 22.8 Å². The summed E-state index contributed by atoms with van der Waals surface area (Å²) in [5.41, 5.74) is -0.221. The van der Waals surface area contributed by atoms with Crippen molar-refractivity contribution in [1.82, 2.24) is 5.32 Å². The molecular weight excluding hydrogens is 190 g/mol. The third-order valence-corrected chi connectivity index (χ3v) is 2.90. The average Bonchev–Trinajstić information content (AvgIpc) is 2.72. The van der Waals surface area contributed by atoms with Gasteiger partial charge in [0.05, 0.1) is 17.9 Å². The SMILES string of the molecule is CCOC(C)(CC)C(NC)c1ccco1. The average molecular weight is 211 g/mol. The Balaban J connectivity index is 2.88. The highest BCUT2D eigenvalue weighted by molar-refractivity contribution is 5.09. The van der Waals surface area contributed by atoms with E-state index in [2.05, 4.69) is 19.2 Å². The van der Waals surface area contributed by atoms with Crippen molar-refractivity contribution >= 4 is 0 Å². The summed E-state index contributed by atoms with van der Waals surface area (Å²) in [5, 5.41) is 3.26. The number of likely N-dealkylation sites (N-methyl/N-ethyl adjacent to an activating group) is 1. The molecule has 1 N–H and O–H groups in total. The van der Waals surface area contributed by atoms with E-state index < -0.39 is 0 Å². The van der Waals surface area contributed by atoms with Crippen molar-refractivity contribution in [2.45, 2.75) is 38.8 Å². The molecule has 0 fully saturated rings. The van der Waals surface area contributed by atoms with Crippen LogP contribution in [0.25, 0.3) is 0 Å². The topological polar surface area (TPSA) is 34.4 Å². The first-order valence-corrected chi connectivity index (χ1v) is 5.52. The van der Waals surface area contributed by atoms with Crippen molar-refractivity contribution < 1.29 is 9.15 Å². The van der Waals surface area contributed by atoms with Gasteiger partial charge in [0, 0.05) is 6.61 Å². The Kier molecular flexibility index (Phi) is 4.36. The van der Waals surface area contributed by atoms with Crippen LogP contribution >= 0.6 is 0 Å². The van der Waals surface area contributed by atoms with E-state index in [1.165, 1.54) is 0 Å². The summed E-state index contributed by atoms with van der Waals surface area (Å²) in [7, 11) is 1.93. The third-order valence-electron chi connectivity index (χ3n) is 2.90. The Morgan fingerprint density at radius 2 is 2.27 bits per heavy atom. The molecule has 0 bridgehead atoms. The molecule has 86 valence electrons. The Hall–Kier alpha value is -0.800. The van der Waals surface area contributed by atoms with Gasteiger partial charge < -0.3 is 14.5 Å². The highest BCUT2D eigenvalue weighted by atomic mass is 16.5. The van der Waals surface area contributed by atoms with Crippen molar-refractivity contribution in [3.8, 4) is 0 Å². The van der Waals surface area contributed by atoms with Crippen LogP contribution in [-0.4, -0.2) is 19.3 Å². The maximum Gasteiger partial charge on any atom is 0.123 e. The minimum absolute atomic E-state index is 0.0949. The van der Waals surface area contributed by atoms with Crippen molar-refractivity contribution in [2.75, 3.05) is 13.7 Å². The summed E-state index contributed by atoms with van der Waals surface area (Å²) in [6, 6.07) is 3.98. The second kappa shape index (κ2) is 5.33. The molecule has 1 heterocycles. The monoisotopic (exact) mass is 211 g/mol. The quantitative estimate of drug-likeness (QED) is 0.785. The van der Waals surface area contributed by atoms with Crippen molar-refractivity contribution in [3.63, 3.8) is 0 Å². The summed E-state index contributed by atoms with van der Waals surface area (Å²) in [4.78, 5) is 0. The fraction of sp³-hybridized carbons (Fsp3) is 0.667. The van der Waals surface area contributed by atoms with E-state index in [0.717, 1.165) is 12.2 Å². The molecule has 0 aromatic carbocycles. The lowest BCUT2D eigenvalue weighted by Gasteiger charge is -2.35. The molecule has 0 amide bonds. The standard InChI is InChI=1S/C12H21NO2/c1-5-12(3,15-6-2)11(13-4)10-8-7-9-14-10/h7-9,11,13H,5-6H2,1-4H3. The van der Waals surface area contributed by atoms with Gasteiger partial charge in [0.15, 0.2) is 0 Å². The molecule has 15 heavy (non-hydrogen) atoms. The largest absolute Gasteiger partial charge is 0.468 e. The van der Waals surface area contributed by atoms with Gasteiger partial charge in [-0.3, -0.25) is 0 Å². The van der Waals surface area contributed by atoms with Crippen molar-refractivity contribution in [3.05, 3.63) is 24.2 Å². The van der Waals surface area contributed by atoms with Gasteiger partial charge >= 0.3 is 0 Å². The third kappa shape index (κ3) is 2.61. The van der Waals surface area contributed by atoms with Crippen LogP contribution in [0, 0.1) is 0 Å². The first-order valence-electron chi connectivity index (χ1n) is 5.52. The highest BCUT2D eigenvalue weighted by Gasteiger charge is 2.35. The van der Waals surface area contributed by atoms with Gasteiger partial charge in [0.25, 0.3) is 0 Å². The minimum atomic E-state index is -0.221. The molecule has 0 spiro atoms. The zero-order chi connectivity index (χ0) is 11.3. The van der Waals surface area contributed by atoms with Gasteiger partial charge in [-0.2, -0.15) is 0 Å². The van der Waals surface area contributed by atoms with Gasteiger partial charge in [-0.05, 0) is 39.4 Å². The van der Waals surface area contributed by atoms with E-state index in [1.54, 1.807) is 6.26 Å². The minimum Gasteiger partial charge on any atom is -0.468 e. The lowest BCUT2D eigenvalue weighted by Crippen LogP contribution is -2.42. The Labute approximate surface area is 91.8 Å². The molecule has 1 rings (SSSR count). The fourth-order valence-electron chi connectivity index (χ4n) is 1.92. The molecule has 0 aliphatic heterocycles. The molecule has 0 radical (unpaired) electrons. The van der Waals surface area contributed by atoms with Gasteiger partial charge in [0.1, 0.15) is 5.76 Å². The van der Waals surface area contributed by atoms with E-state index in [1.807, 2.05) is 26.1 Å². The van der Waals surface area contributed by atoms with E-state index in [0.29, 0.717) is 6.61 Å². The van der Waals surface area contributed by atoms with E-state index in [9.17, 15) is 0 Å². The first-order chi connectivity index (χ1) is 7.18. The van der Waals surface area contributed by atoms with E-state index >= 15 is 0 Å². The number of nitrogens with one attached hydrogen (secondary N) is 1. The fourth-order valence-corrected chi connectivity index (χ4v) is 1.92. The molecule has 3 nitrogen and oxygen atoms in total. The maximum atomic E-state index is 5.83. The van der Waals surface area contributed by atoms with Crippen LogP contribution in [0.4, 0.5) is 0 Å². The number of hydrogen-bond donors (Lipinski definition) is 1. The summed E-state index contributed by atoms with van der Waals surface area (Å²) in [5.74, 6) is 0.926. The van der Waals surface area contributed by atoms with Gasteiger partial charge in [-0.1, -0.05) is 6.92 Å². The number of ether oxygens (including phenoxy) is 1. The van der Waals surface area contributed by atoms with Gasteiger partial charge in [-0.25, -0.2) is 0 Å². The number of rotatable bonds is 6. The summed E-state index contributed by atoms with van der Waals surface area (Å²) >= 11 is 0. The maximum absolute atomic E-state index is 5.83. The van der Waals surface area contributed by atoms with Crippen LogP contribution < -0.4 is 5.32 Å². The van der Waals surface area contributed by atoms with Crippen LogP contribution in [0.2, 0.25) is 0 Å². The molecule has 0 saturated carbocycles. The lowest BCUT2D eigenvalue weighted by molar-refractivity contribution is -0.0591. The normalized spacial score (nSPS) is 17.3. The first kappa shape index (κ1) is 12.3. The Bertz CT molecular complexity index is 271. The summed E-state index contributed by atoms with van der Waals surface area (Å²) in [6.45, 7) is 6.97. The molecule has 1 aromatic rings. The molecule has 3 heteroatoms. The predicted molar refractivity (Wildman–Crippen MR) is 60.8 cm³/mol. The van der Waals surface area contributed by atoms with Crippen LogP contribution in [0.3, 0.4) is 0 Å². The molecular formula is C12H21NO2. The molecule has 0 aliphatic carbocycles. The Morgan fingerprint density at radius 3 is 2.67 bits per heavy atom. The number of furan rings is 1. The second-order valence-electron chi connectivity index (χ2n) is 3.84.